The van der Waals surface area contributed by atoms with E-state index < -0.39 is 16.8 Å². The fourth-order valence-electron chi connectivity index (χ4n) is 9.27. The monoisotopic (exact) mass is 392 g/mol. The van der Waals surface area contributed by atoms with Gasteiger partial charge in [0, 0.05) is 13.0 Å². The molecule has 5 saturated carbocycles. The van der Waals surface area contributed by atoms with E-state index in [1.54, 1.807) is 0 Å². The van der Waals surface area contributed by atoms with Gasteiger partial charge in [-0.05, 0) is 105 Å². The highest BCUT2D eigenvalue weighted by Gasteiger charge is 2.70. The lowest BCUT2D eigenvalue weighted by Crippen LogP contribution is -2.69. The van der Waals surface area contributed by atoms with Gasteiger partial charge in [0.2, 0.25) is 0 Å². The van der Waals surface area contributed by atoms with Crippen LogP contribution in [0.3, 0.4) is 0 Å². The Bertz CT molecular complexity index is 653. The minimum atomic E-state index is -0.723. The zero-order chi connectivity index (χ0) is 20.0. The summed E-state index contributed by atoms with van der Waals surface area (Å²) in [7, 11) is 0. The van der Waals surface area contributed by atoms with Crippen LogP contribution in [0, 0.1) is 34.5 Å². The first-order valence-electron chi connectivity index (χ1n) is 11.9. The van der Waals surface area contributed by atoms with Crippen LogP contribution in [-0.4, -0.2) is 43.8 Å². The summed E-state index contributed by atoms with van der Waals surface area (Å²) in [4.78, 5) is 0. The fraction of sp³-hybridized carbons (Fsp3) is 1.00. The first-order valence-corrected chi connectivity index (χ1v) is 11.9. The first-order chi connectivity index (χ1) is 13.1. The minimum Gasteiger partial charge on any atom is -0.396 e. The van der Waals surface area contributed by atoms with E-state index in [9.17, 15) is 20.4 Å². The molecule has 0 amide bonds. The summed E-state index contributed by atoms with van der Waals surface area (Å²) >= 11 is 0. The number of aliphatic hydroxyl groups excluding tert-OH is 1. The SMILES string of the molecule is C[C@]12CC[C@H]3[C@@H](CC[C@]4(O)C[C@]5(O)CCC5C[C@]34C)[C@@H]1CC[C@@]2(O)CCCO. The maximum atomic E-state index is 11.8. The van der Waals surface area contributed by atoms with E-state index >= 15 is 0 Å². The lowest BCUT2D eigenvalue weighted by atomic mass is 9.39. The molecular weight excluding hydrogens is 352 g/mol. The topological polar surface area (TPSA) is 80.9 Å². The fourth-order valence-corrected chi connectivity index (χ4v) is 9.27. The van der Waals surface area contributed by atoms with Crippen LogP contribution in [0.1, 0.15) is 90.9 Å². The first kappa shape index (κ1) is 19.8. The molecular formula is C24H40O4. The van der Waals surface area contributed by atoms with Crippen LogP contribution in [0.5, 0.6) is 0 Å². The molecule has 9 atom stereocenters. The lowest BCUT2D eigenvalue weighted by molar-refractivity contribution is -0.279. The Labute approximate surface area is 169 Å². The summed E-state index contributed by atoms with van der Waals surface area (Å²) in [5.74, 6) is 1.99. The third kappa shape index (κ3) is 2.27. The molecule has 4 heteroatoms. The van der Waals surface area contributed by atoms with Crippen molar-refractivity contribution in [3.05, 3.63) is 0 Å². The van der Waals surface area contributed by atoms with E-state index in [-0.39, 0.29) is 17.4 Å². The quantitative estimate of drug-likeness (QED) is 0.593. The van der Waals surface area contributed by atoms with Gasteiger partial charge >= 0.3 is 0 Å². The largest absolute Gasteiger partial charge is 0.396 e. The predicted octanol–water partition coefficient (Wildman–Crippen LogP) is 3.40. The highest BCUT2D eigenvalue weighted by molar-refractivity contribution is 5.20. The molecule has 0 radical (unpaired) electrons. The van der Waals surface area contributed by atoms with E-state index in [4.69, 9.17) is 0 Å². The minimum absolute atomic E-state index is 0.0545. The number of aliphatic hydroxyl groups is 4. The molecule has 0 heterocycles. The molecule has 1 unspecified atom stereocenters. The van der Waals surface area contributed by atoms with Gasteiger partial charge in [-0.2, -0.15) is 0 Å². The van der Waals surface area contributed by atoms with Crippen molar-refractivity contribution in [2.45, 2.75) is 108 Å². The van der Waals surface area contributed by atoms with Crippen LogP contribution in [0.25, 0.3) is 0 Å². The Balaban J connectivity index is 1.44. The molecule has 160 valence electrons. The van der Waals surface area contributed by atoms with Crippen molar-refractivity contribution in [2.75, 3.05) is 6.61 Å². The van der Waals surface area contributed by atoms with E-state index in [1.165, 1.54) is 0 Å². The smallest absolute Gasteiger partial charge is 0.0731 e. The number of hydrogen-bond acceptors (Lipinski definition) is 4. The normalized spacial score (nSPS) is 60.2. The molecule has 0 aromatic rings. The molecule has 0 aromatic heterocycles. The van der Waals surface area contributed by atoms with Gasteiger partial charge in [0.25, 0.3) is 0 Å². The van der Waals surface area contributed by atoms with Crippen LogP contribution in [0.4, 0.5) is 0 Å². The van der Waals surface area contributed by atoms with E-state index in [1.807, 2.05) is 0 Å². The predicted molar refractivity (Wildman–Crippen MR) is 108 cm³/mol. The molecule has 5 rings (SSSR count). The average Bonchev–Trinajstić information content (AvgIpc) is 2.91. The molecule has 0 aromatic carbocycles. The standard InChI is InChI=1S/C24H40O4/c1-20-9-6-19-17(18(20)7-12-23(20,27)8-3-13-25)5-11-24(28)15-22(26)10-4-16(22)14-21(19,24)2/h16-19,25-28H,3-15H2,1-2H3/t16?,17-,18-,19-,20-,21+,22+,23-,24-/m0/s1. The summed E-state index contributed by atoms with van der Waals surface area (Å²) < 4.78 is 0. The van der Waals surface area contributed by atoms with Crippen molar-refractivity contribution in [1.29, 1.82) is 0 Å². The van der Waals surface area contributed by atoms with Crippen LogP contribution in [0.2, 0.25) is 0 Å². The molecule has 0 spiro atoms. The van der Waals surface area contributed by atoms with E-state index in [0.717, 1.165) is 57.8 Å². The van der Waals surface area contributed by atoms with Gasteiger partial charge in [-0.15, -0.1) is 0 Å². The molecule has 5 fully saturated rings. The van der Waals surface area contributed by atoms with E-state index in [2.05, 4.69) is 13.8 Å². The van der Waals surface area contributed by atoms with Crippen molar-refractivity contribution in [3.8, 4) is 0 Å². The second kappa shape index (κ2) is 5.96. The summed E-state index contributed by atoms with van der Waals surface area (Å²) in [5.41, 5.74) is -2.12. The Morgan fingerprint density at radius 1 is 0.821 bits per heavy atom. The van der Waals surface area contributed by atoms with Crippen LogP contribution in [-0.2, 0) is 0 Å². The number of rotatable bonds is 3. The van der Waals surface area contributed by atoms with E-state index in [0.29, 0.717) is 42.9 Å². The van der Waals surface area contributed by atoms with Crippen molar-refractivity contribution >= 4 is 0 Å². The van der Waals surface area contributed by atoms with Gasteiger partial charge in [-0.1, -0.05) is 13.8 Å². The third-order valence-corrected chi connectivity index (χ3v) is 11.2. The molecule has 0 saturated heterocycles. The molecule has 5 aliphatic rings. The highest BCUT2D eigenvalue weighted by Crippen LogP contribution is 2.72. The summed E-state index contributed by atoms with van der Waals surface area (Å²) in [6, 6.07) is 0. The Kier molecular flexibility index (Phi) is 4.21. The zero-order valence-electron chi connectivity index (χ0n) is 17.8. The van der Waals surface area contributed by atoms with Gasteiger partial charge < -0.3 is 20.4 Å². The molecule has 4 N–H and O–H groups in total. The van der Waals surface area contributed by atoms with Crippen molar-refractivity contribution < 1.29 is 20.4 Å². The molecule has 5 aliphatic carbocycles. The molecule has 0 aliphatic heterocycles. The summed E-state index contributed by atoms with van der Waals surface area (Å²) in [5, 5.41) is 43.6. The highest BCUT2D eigenvalue weighted by atomic mass is 16.3. The van der Waals surface area contributed by atoms with Crippen molar-refractivity contribution in [2.24, 2.45) is 34.5 Å². The van der Waals surface area contributed by atoms with Gasteiger partial charge in [0.15, 0.2) is 0 Å². The average molecular weight is 393 g/mol. The van der Waals surface area contributed by atoms with Gasteiger partial charge in [0.1, 0.15) is 0 Å². The van der Waals surface area contributed by atoms with Crippen LogP contribution in [0.15, 0.2) is 0 Å². The Morgan fingerprint density at radius 2 is 1.54 bits per heavy atom. The van der Waals surface area contributed by atoms with Crippen molar-refractivity contribution in [1.82, 2.24) is 0 Å². The lowest BCUT2D eigenvalue weighted by Gasteiger charge is -2.69. The van der Waals surface area contributed by atoms with Gasteiger partial charge in [-0.3, -0.25) is 0 Å². The summed E-state index contributed by atoms with van der Waals surface area (Å²) in [6.45, 7) is 4.80. The molecule has 28 heavy (non-hydrogen) atoms. The second-order valence-corrected chi connectivity index (χ2v) is 11.9. The number of fused-ring (bicyclic) bond motifs is 6. The van der Waals surface area contributed by atoms with Gasteiger partial charge in [-0.25, -0.2) is 0 Å². The third-order valence-electron chi connectivity index (χ3n) is 11.2. The number of hydrogen-bond donors (Lipinski definition) is 4. The van der Waals surface area contributed by atoms with Crippen molar-refractivity contribution in [3.63, 3.8) is 0 Å². The Hall–Kier alpha value is -0.160. The van der Waals surface area contributed by atoms with Gasteiger partial charge in [0.05, 0.1) is 16.8 Å². The van der Waals surface area contributed by atoms with Crippen LogP contribution >= 0.6 is 0 Å². The zero-order valence-corrected chi connectivity index (χ0v) is 17.8. The maximum absolute atomic E-state index is 11.8. The second-order valence-electron chi connectivity index (χ2n) is 11.9. The summed E-state index contributed by atoms with van der Waals surface area (Å²) in [6.07, 6.45) is 10.8. The molecule has 0 bridgehead atoms. The Morgan fingerprint density at radius 3 is 2.21 bits per heavy atom. The van der Waals surface area contributed by atoms with Crippen LogP contribution < -0.4 is 0 Å². The maximum Gasteiger partial charge on any atom is 0.0731 e. The molecule has 4 nitrogen and oxygen atoms in total.